The standard InChI is InChI=1S/C16H16Br2O2S/c1-19-11-7-10-4-6-14-16(18)15(17)13(21-14)5-3-9(11)8-12(10)20-2/h7-8H,3-6H2,1-2H3. The van der Waals surface area contributed by atoms with Crippen molar-refractivity contribution in [2.45, 2.75) is 25.7 Å². The van der Waals surface area contributed by atoms with Crippen LogP contribution in [0, 0.1) is 0 Å². The normalized spacial score (nSPS) is 13.9. The quantitative estimate of drug-likeness (QED) is 0.652. The van der Waals surface area contributed by atoms with E-state index >= 15 is 0 Å². The zero-order valence-corrected chi connectivity index (χ0v) is 16.0. The number of methoxy groups -OCH3 is 2. The summed E-state index contributed by atoms with van der Waals surface area (Å²) in [6.45, 7) is 0. The number of halogens is 2. The van der Waals surface area contributed by atoms with Crippen LogP contribution in [0.2, 0.25) is 0 Å². The molecule has 1 aromatic heterocycles. The molecule has 0 saturated carbocycles. The second-order valence-corrected chi connectivity index (χ2v) is 7.83. The van der Waals surface area contributed by atoms with Gasteiger partial charge in [0, 0.05) is 18.7 Å². The number of ether oxygens (including phenoxy) is 2. The molecule has 0 N–H and O–H groups in total. The first kappa shape index (κ1) is 15.4. The van der Waals surface area contributed by atoms with Crippen LogP contribution < -0.4 is 9.47 Å². The van der Waals surface area contributed by atoms with E-state index < -0.39 is 0 Å². The molecule has 0 radical (unpaired) electrons. The van der Waals surface area contributed by atoms with Crippen molar-refractivity contribution in [2.75, 3.05) is 14.2 Å². The van der Waals surface area contributed by atoms with Gasteiger partial charge in [-0.1, -0.05) is 0 Å². The monoisotopic (exact) mass is 430 g/mol. The smallest absolute Gasteiger partial charge is 0.122 e. The third kappa shape index (κ3) is 2.88. The van der Waals surface area contributed by atoms with Gasteiger partial charge in [-0.25, -0.2) is 0 Å². The highest BCUT2D eigenvalue weighted by atomic mass is 79.9. The van der Waals surface area contributed by atoms with Gasteiger partial charge in [-0.05, 0) is 80.8 Å². The van der Waals surface area contributed by atoms with Gasteiger partial charge in [0.1, 0.15) is 11.5 Å². The van der Waals surface area contributed by atoms with Crippen molar-refractivity contribution in [3.8, 4) is 11.5 Å². The van der Waals surface area contributed by atoms with E-state index in [0.717, 1.165) is 37.2 Å². The minimum Gasteiger partial charge on any atom is -0.496 e. The van der Waals surface area contributed by atoms with E-state index in [1.165, 1.54) is 29.8 Å². The number of thiophene rings is 1. The van der Waals surface area contributed by atoms with Crippen LogP contribution in [0.5, 0.6) is 11.5 Å². The summed E-state index contributed by atoms with van der Waals surface area (Å²) in [6.07, 6.45) is 3.90. The number of fused-ring (bicyclic) bond motifs is 4. The first-order valence-electron chi connectivity index (χ1n) is 6.83. The fourth-order valence-corrected chi connectivity index (χ4v) is 5.43. The van der Waals surface area contributed by atoms with Gasteiger partial charge in [0.25, 0.3) is 0 Å². The Hall–Kier alpha value is -0.520. The van der Waals surface area contributed by atoms with Crippen molar-refractivity contribution in [3.63, 3.8) is 0 Å². The third-order valence-corrected chi connectivity index (χ3v) is 7.97. The average Bonchev–Trinajstić information content (AvgIpc) is 2.75. The van der Waals surface area contributed by atoms with E-state index in [4.69, 9.17) is 9.47 Å². The lowest BCUT2D eigenvalue weighted by Crippen LogP contribution is -2.01. The molecule has 2 aliphatic heterocycles. The Kier molecular flexibility index (Phi) is 4.62. The largest absolute Gasteiger partial charge is 0.496 e. The summed E-state index contributed by atoms with van der Waals surface area (Å²) in [7, 11) is 3.48. The number of hydrogen-bond acceptors (Lipinski definition) is 3. The average molecular weight is 432 g/mol. The molecule has 0 fully saturated rings. The van der Waals surface area contributed by atoms with Gasteiger partial charge < -0.3 is 9.47 Å². The predicted molar refractivity (Wildman–Crippen MR) is 94.1 cm³/mol. The van der Waals surface area contributed by atoms with Crippen molar-refractivity contribution < 1.29 is 9.47 Å². The Bertz CT molecular complexity index is 623. The van der Waals surface area contributed by atoms with E-state index in [0.29, 0.717) is 0 Å². The van der Waals surface area contributed by atoms with Crippen LogP contribution in [-0.2, 0) is 25.7 Å². The van der Waals surface area contributed by atoms with Crippen LogP contribution in [0.15, 0.2) is 21.1 Å². The maximum atomic E-state index is 5.57. The molecule has 0 aliphatic carbocycles. The van der Waals surface area contributed by atoms with Crippen LogP contribution in [0.4, 0.5) is 0 Å². The molecule has 2 aliphatic rings. The summed E-state index contributed by atoms with van der Waals surface area (Å²) in [5.41, 5.74) is 2.41. The van der Waals surface area contributed by atoms with Crippen LogP contribution in [-0.4, -0.2) is 14.2 Å². The van der Waals surface area contributed by atoms with E-state index in [2.05, 4.69) is 44.0 Å². The zero-order valence-electron chi connectivity index (χ0n) is 12.0. The fourth-order valence-electron chi connectivity index (χ4n) is 2.72. The highest BCUT2D eigenvalue weighted by Crippen LogP contribution is 2.41. The second kappa shape index (κ2) is 6.31. The van der Waals surface area contributed by atoms with Gasteiger partial charge in [-0.2, -0.15) is 0 Å². The number of aryl methyl sites for hydroxylation is 4. The second-order valence-electron chi connectivity index (χ2n) is 5.05. The minimum atomic E-state index is 0.949. The SMILES string of the molecule is COc1cc2c(OC)cc1CCc1sc(c(Br)c1Br)CC2. The molecular weight excluding hydrogens is 416 g/mol. The molecule has 2 aromatic rings. The van der Waals surface area contributed by atoms with Gasteiger partial charge in [-0.3, -0.25) is 0 Å². The van der Waals surface area contributed by atoms with Crippen LogP contribution in [0.3, 0.4) is 0 Å². The van der Waals surface area contributed by atoms with Crippen molar-refractivity contribution in [3.05, 3.63) is 42.0 Å². The minimum absolute atomic E-state index is 0.949. The third-order valence-electron chi connectivity index (χ3n) is 3.85. The van der Waals surface area contributed by atoms with Gasteiger partial charge in [0.05, 0.1) is 14.2 Å². The predicted octanol–water partition coefficient (Wildman–Crippen LogP) is 5.17. The summed E-state index contributed by atoms with van der Waals surface area (Å²) >= 11 is 9.32. The van der Waals surface area contributed by atoms with Gasteiger partial charge in [0.2, 0.25) is 0 Å². The van der Waals surface area contributed by atoms with Crippen LogP contribution in [0.25, 0.3) is 0 Å². The molecule has 2 nitrogen and oxygen atoms in total. The molecule has 0 unspecified atom stereocenters. The molecular formula is C16H16Br2O2S. The lowest BCUT2D eigenvalue weighted by molar-refractivity contribution is 0.394. The lowest BCUT2D eigenvalue weighted by Gasteiger charge is -2.15. The van der Waals surface area contributed by atoms with Crippen molar-refractivity contribution in [2.24, 2.45) is 0 Å². The molecule has 112 valence electrons. The van der Waals surface area contributed by atoms with Gasteiger partial charge >= 0.3 is 0 Å². The highest BCUT2D eigenvalue weighted by molar-refractivity contribution is 9.13. The van der Waals surface area contributed by atoms with E-state index in [1.54, 1.807) is 14.2 Å². The fraction of sp³-hybridized carbons (Fsp3) is 0.375. The number of rotatable bonds is 2. The Morgan fingerprint density at radius 1 is 0.810 bits per heavy atom. The van der Waals surface area contributed by atoms with E-state index in [9.17, 15) is 0 Å². The lowest BCUT2D eigenvalue weighted by atomic mass is 10.0. The van der Waals surface area contributed by atoms with Gasteiger partial charge in [-0.15, -0.1) is 11.3 Å². The first-order valence-corrected chi connectivity index (χ1v) is 9.23. The molecule has 4 bridgehead atoms. The maximum Gasteiger partial charge on any atom is 0.122 e. The number of hydrogen-bond donors (Lipinski definition) is 0. The summed E-state index contributed by atoms with van der Waals surface area (Å²) in [5.74, 6) is 1.94. The Morgan fingerprint density at radius 2 is 1.24 bits per heavy atom. The molecule has 0 spiro atoms. The van der Waals surface area contributed by atoms with Crippen molar-refractivity contribution in [1.82, 2.24) is 0 Å². The summed E-state index contributed by atoms with van der Waals surface area (Å²) in [6, 6.07) is 4.27. The van der Waals surface area contributed by atoms with Crippen LogP contribution >= 0.6 is 43.2 Å². The molecule has 1 aromatic carbocycles. The van der Waals surface area contributed by atoms with Gasteiger partial charge in [0.15, 0.2) is 0 Å². The highest BCUT2D eigenvalue weighted by Gasteiger charge is 2.19. The summed E-state index contributed by atoms with van der Waals surface area (Å²) in [5, 5.41) is 0. The number of benzene rings is 1. The Balaban J connectivity index is 2.09. The maximum absolute atomic E-state index is 5.57. The molecule has 21 heavy (non-hydrogen) atoms. The first-order chi connectivity index (χ1) is 10.1. The van der Waals surface area contributed by atoms with E-state index in [-0.39, 0.29) is 0 Å². The molecule has 0 atom stereocenters. The molecule has 5 heteroatoms. The van der Waals surface area contributed by atoms with Crippen molar-refractivity contribution in [1.29, 1.82) is 0 Å². The van der Waals surface area contributed by atoms with Crippen molar-refractivity contribution >= 4 is 43.2 Å². The molecule has 0 saturated heterocycles. The molecule has 4 rings (SSSR count). The van der Waals surface area contributed by atoms with Crippen LogP contribution in [0.1, 0.15) is 20.9 Å². The topological polar surface area (TPSA) is 18.5 Å². The zero-order chi connectivity index (χ0) is 15.0. The Morgan fingerprint density at radius 3 is 1.62 bits per heavy atom. The summed E-state index contributed by atoms with van der Waals surface area (Å²) in [4.78, 5) is 2.78. The summed E-state index contributed by atoms with van der Waals surface area (Å²) < 4.78 is 13.6. The van der Waals surface area contributed by atoms with E-state index in [1.807, 2.05) is 11.3 Å². The molecule has 3 heterocycles. The Labute approximate surface area is 145 Å². The molecule has 0 amide bonds.